The highest BCUT2D eigenvalue weighted by molar-refractivity contribution is 6.26. The van der Waals surface area contributed by atoms with E-state index in [0.29, 0.717) is 16.7 Å². The molecule has 0 N–H and O–H groups in total. The first-order chi connectivity index (χ1) is 12.2. The molecule has 2 aliphatic carbocycles. The van der Waals surface area contributed by atoms with Crippen molar-refractivity contribution in [1.82, 2.24) is 0 Å². The van der Waals surface area contributed by atoms with Crippen LogP contribution in [0.25, 0.3) is 0 Å². The summed E-state index contributed by atoms with van der Waals surface area (Å²) < 4.78 is 11.4. The van der Waals surface area contributed by atoms with Crippen LogP contribution in [0.4, 0.5) is 0 Å². The number of Topliss-reactive ketones (excluding diaryl/α,β-unsaturated/α-hetero) is 2. The molecule has 0 amide bonds. The standard InChI is InChI=1S/C21H16O4/c1-24-12-8-6-11-7-9-15-17-18(22)13-4-2-3-5-14(13)19(23)21(17)25-20(15)16(11)10-12/h2-6,8,10,15,20H,7,9H2,1H3/t15-,20+/m0/s1. The molecule has 2 aromatic carbocycles. The van der Waals surface area contributed by atoms with Crippen molar-refractivity contribution in [2.24, 2.45) is 5.92 Å². The molecule has 1 heterocycles. The molecule has 25 heavy (non-hydrogen) atoms. The molecule has 5 rings (SSSR count). The monoisotopic (exact) mass is 332 g/mol. The Morgan fingerprint density at radius 3 is 2.56 bits per heavy atom. The Morgan fingerprint density at radius 2 is 1.80 bits per heavy atom. The number of carbonyl (C=O) groups excluding carboxylic acids is 2. The fourth-order valence-electron chi connectivity index (χ4n) is 4.27. The second-order valence-electron chi connectivity index (χ2n) is 6.69. The second-order valence-corrected chi connectivity index (χ2v) is 6.69. The van der Waals surface area contributed by atoms with Gasteiger partial charge in [-0.05, 0) is 36.1 Å². The lowest BCUT2D eigenvalue weighted by Gasteiger charge is -2.28. The molecule has 2 atom stereocenters. The van der Waals surface area contributed by atoms with E-state index < -0.39 is 0 Å². The summed E-state index contributed by atoms with van der Waals surface area (Å²) in [6, 6.07) is 12.9. The molecule has 4 nitrogen and oxygen atoms in total. The largest absolute Gasteiger partial charge is 0.497 e. The lowest BCUT2D eigenvalue weighted by molar-refractivity contribution is 0.0750. The summed E-state index contributed by atoms with van der Waals surface area (Å²) in [7, 11) is 1.63. The van der Waals surface area contributed by atoms with Crippen LogP contribution in [-0.4, -0.2) is 18.7 Å². The number of allylic oxidation sites excluding steroid dienone is 1. The Hall–Kier alpha value is -2.88. The van der Waals surface area contributed by atoms with Crippen LogP contribution in [0, 0.1) is 5.92 Å². The summed E-state index contributed by atoms with van der Waals surface area (Å²) in [5.41, 5.74) is 3.71. The first-order valence-electron chi connectivity index (χ1n) is 8.45. The number of ketones is 2. The van der Waals surface area contributed by atoms with E-state index in [9.17, 15) is 9.59 Å². The summed E-state index contributed by atoms with van der Waals surface area (Å²) in [4.78, 5) is 25.9. The number of ether oxygens (including phenoxy) is 2. The van der Waals surface area contributed by atoms with E-state index in [1.807, 2.05) is 18.2 Å². The Balaban J connectivity index is 1.63. The Labute approximate surface area is 145 Å². The first-order valence-corrected chi connectivity index (χ1v) is 8.45. The predicted molar refractivity (Wildman–Crippen MR) is 90.8 cm³/mol. The lowest BCUT2D eigenvalue weighted by atomic mass is 9.75. The predicted octanol–water partition coefficient (Wildman–Crippen LogP) is 3.66. The van der Waals surface area contributed by atoms with Gasteiger partial charge in [0, 0.05) is 17.0 Å². The van der Waals surface area contributed by atoms with Crippen molar-refractivity contribution in [1.29, 1.82) is 0 Å². The summed E-state index contributed by atoms with van der Waals surface area (Å²) in [5, 5.41) is 0. The maximum atomic E-state index is 13.0. The van der Waals surface area contributed by atoms with Gasteiger partial charge >= 0.3 is 0 Å². The van der Waals surface area contributed by atoms with Gasteiger partial charge < -0.3 is 9.47 Å². The molecule has 0 radical (unpaired) electrons. The van der Waals surface area contributed by atoms with Crippen LogP contribution in [0.2, 0.25) is 0 Å². The van der Waals surface area contributed by atoms with Crippen molar-refractivity contribution in [2.45, 2.75) is 18.9 Å². The summed E-state index contributed by atoms with van der Waals surface area (Å²) in [6.07, 6.45) is 1.39. The van der Waals surface area contributed by atoms with Gasteiger partial charge in [0.1, 0.15) is 11.9 Å². The molecule has 0 saturated heterocycles. The van der Waals surface area contributed by atoms with E-state index in [2.05, 4.69) is 0 Å². The van der Waals surface area contributed by atoms with Gasteiger partial charge in [-0.2, -0.15) is 0 Å². The Morgan fingerprint density at radius 1 is 1.04 bits per heavy atom. The van der Waals surface area contributed by atoms with Crippen molar-refractivity contribution in [3.05, 3.63) is 76.1 Å². The molecule has 0 aromatic heterocycles. The molecule has 4 heteroatoms. The zero-order valence-electron chi connectivity index (χ0n) is 13.7. The average Bonchev–Trinajstić information content (AvgIpc) is 3.06. The van der Waals surface area contributed by atoms with Gasteiger partial charge in [-0.3, -0.25) is 9.59 Å². The number of carbonyl (C=O) groups is 2. The van der Waals surface area contributed by atoms with Gasteiger partial charge in [0.05, 0.1) is 12.7 Å². The fourth-order valence-corrected chi connectivity index (χ4v) is 4.27. The van der Waals surface area contributed by atoms with Crippen molar-refractivity contribution in [3.63, 3.8) is 0 Å². The number of aryl methyl sites for hydroxylation is 1. The lowest BCUT2D eigenvalue weighted by Crippen LogP contribution is -2.24. The van der Waals surface area contributed by atoms with E-state index in [0.717, 1.165) is 24.2 Å². The topological polar surface area (TPSA) is 52.6 Å². The molecular formula is C21H16O4. The molecule has 0 bridgehead atoms. The molecule has 2 aromatic rings. The molecule has 0 spiro atoms. The van der Waals surface area contributed by atoms with E-state index >= 15 is 0 Å². The zero-order valence-corrected chi connectivity index (χ0v) is 13.7. The molecule has 0 unspecified atom stereocenters. The van der Waals surface area contributed by atoms with E-state index in [1.54, 1.807) is 31.4 Å². The Bertz CT molecular complexity index is 970. The van der Waals surface area contributed by atoms with Gasteiger partial charge in [-0.1, -0.05) is 30.3 Å². The van der Waals surface area contributed by atoms with Gasteiger partial charge in [0.2, 0.25) is 5.78 Å². The quantitative estimate of drug-likeness (QED) is 0.800. The Kier molecular flexibility index (Phi) is 2.93. The van der Waals surface area contributed by atoms with Gasteiger partial charge in [0.15, 0.2) is 11.5 Å². The minimum Gasteiger partial charge on any atom is -0.497 e. The third-order valence-electron chi connectivity index (χ3n) is 5.48. The van der Waals surface area contributed by atoms with E-state index in [1.165, 1.54) is 5.56 Å². The normalized spacial score (nSPS) is 23.4. The van der Waals surface area contributed by atoms with Crippen LogP contribution in [0.5, 0.6) is 5.75 Å². The number of hydrogen-bond donors (Lipinski definition) is 0. The van der Waals surface area contributed by atoms with Gasteiger partial charge in [0.25, 0.3) is 0 Å². The molecule has 0 saturated carbocycles. The summed E-state index contributed by atoms with van der Waals surface area (Å²) in [5.74, 6) is 0.690. The highest BCUT2D eigenvalue weighted by atomic mass is 16.5. The molecule has 1 aliphatic heterocycles. The summed E-state index contributed by atoms with van der Waals surface area (Å²) in [6.45, 7) is 0. The molecule has 124 valence electrons. The number of fused-ring (bicyclic) bond motifs is 5. The van der Waals surface area contributed by atoms with E-state index in [4.69, 9.17) is 9.47 Å². The van der Waals surface area contributed by atoms with Crippen LogP contribution in [0.1, 0.15) is 44.4 Å². The molecule has 3 aliphatic rings. The third-order valence-corrected chi connectivity index (χ3v) is 5.48. The van der Waals surface area contributed by atoms with Crippen molar-refractivity contribution in [3.8, 4) is 5.75 Å². The van der Waals surface area contributed by atoms with Crippen molar-refractivity contribution < 1.29 is 19.1 Å². The highest BCUT2D eigenvalue weighted by Gasteiger charge is 2.48. The summed E-state index contributed by atoms with van der Waals surface area (Å²) >= 11 is 0. The fraction of sp³-hybridized carbons (Fsp3) is 0.238. The first kappa shape index (κ1) is 14.5. The third kappa shape index (κ3) is 1.88. The number of methoxy groups -OCH3 is 1. The minimum absolute atomic E-state index is 0.0657. The zero-order chi connectivity index (χ0) is 17.1. The maximum absolute atomic E-state index is 13.0. The molecular weight excluding hydrogens is 316 g/mol. The van der Waals surface area contributed by atoms with Crippen molar-refractivity contribution >= 4 is 11.6 Å². The SMILES string of the molecule is COc1ccc2c(c1)[C@@H]1OC3=C(C(=O)c4ccccc4C3=O)[C@@H]1CC2. The van der Waals surface area contributed by atoms with Crippen LogP contribution in [0.3, 0.4) is 0 Å². The minimum atomic E-state index is -0.286. The number of rotatable bonds is 1. The maximum Gasteiger partial charge on any atom is 0.228 e. The van der Waals surface area contributed by atoms with Crippen LogP contribution in [-0.2, 0) is 11.2 Å². The van der Waals surface area contributed by atoms with E-state index in [-0.39, 0.29) is 29.3 Å². The number of benzene rings is 2. The van der Waals surface area contributed by atoms with Crippen LogP contribution < -0.4 is 4.74 Å². The van der Waals surface area contributed by atoms with Crippen LogP contribution in [0.15, 0.2) is 53.8 Å². The highest BCUT2D eigenvalue weighted by Crippen LogP contribution is 2.51. The van der Waals surface area contributed by atoms with Gasteiger partial charge in [-0.25, -0.2) is 0 Å². The van der Waals surface area contributed by atoms with Crippen molar-refractivity contribution in [2.75, 3.05) is 7.11 Å². The average molecular weight is 332 g/mol. The second kappa shape index (κ2) is 5.06. The van der Waals surface area contributed by atoms with Gasteiger partial charge in [-0.15, -0.1) is 0 Å². The number of hydrogen-bond acceptors (Lipinski definition) is 4. The smallest absolute Gasteiger partial charge is 0.228 e. The molecule has 0 fully saturated rings. The van der Waals surface area contributed by atoms with Crippen LogP contribution >= 0.6 is 0 Å².